The van der Waals surface area contributed by atoms with Gasteiger partial charge in [0.05, 0.1) is 38.2 Å². The Hall–Kier alpha value is -3.36. The third-order valence-corrected chi connectivity index (χ3v) is 6.47. The number of hydrogen-bond donors (Lipinski definition) is 0. The number of aryl methyl sites for hydroxylation is 1. The van der Waals surface area contributed by atoms with E-state index in [1.54, 1.807) is 23.8 Å². The van der Waals surface area contributed by atoms with E-state index in [-0.39, 0.29) is 18.1 Å². The molecule has 0 bridgehead atoms. The van der Waals surface area contributed by atoms with Gasteiger partial charge in [-0.3, -0.25) is 19.1 Å². The molecule has 3 aromatic rings. The number of ketones is 1. The van der Waals surface area contributed by atoms with Gasteiger partial charge in [0.1, 0.15) is 5.75 Å². The number of carbonyl (C=O) groups is 1. The van der Waals surface area contributed by atoms with Gasteiger partial charge in [0, 0.05) is 35.0 Å². The van der Waals surface area contributed by atoms with Crippen LogP contribution in [0.3, 0.4) is 0 Å². The molecule has 8 heteroatoms. The molecule has 3 heterocycles. The number of aromatic nitrogens is 1. The molecule has 0 radical (unpaired) electrons. The van der Waals surface area contributed by atoms with Crippen molar-refractivity contribution < 1.29 is 23.7 Å². The number of nitrogens with zero attached hydrogens (tertiary/aromatic N) is 2. The number of methoxy groups -OCH3 is 1. The summed E-state index contributed by atoms with van der Waals surface area (Å²) in [5.41, 5.74) is 3.07. The van der Waals surface area contributed by atoms with E-state index in [0.29, 0.717) is 70.3 Å². The van der Waals surface area contributed by atoms with Crippen molar-refractivity contribution in [2.45, 2.75) is 13.6 Å². The molecule has 0 unspecified atom stereocenters. The second-order valence-corrected chi connectivity index (χ2v) is 8.28. The van der Waals surface area contributed by atoms with Crippen molar-refractivity contribution in [3.05, 3.63) is 51.3 Å². The van der Waals surface area contributed by atoms with Crippen LogP contribution in [0.25, 0.3) is 22.0 Å². The van der Waals surface area contributed by atoms with Crippen molar-refractivity contribution in [1.82, 2.24) is 9.47 Å². The number of pyridine rings is 1. The van der Waals surface area contributed by atoms with Gasteiger partial charge >= 0.3 is 0 Å². The van der Waals surface area contributed by atoms with Crippen molar-refractivity contribution in [3.63, 3.8) is 0 Å². The molecule has 32 heavy (non-hydrogen) atoms. The molecule has 164 valence electrons. The number of morpholine rings is 1. The van der Waals surface area contributed by atoms with Crippen LogP contribution in [-0.2, 0) is 11.4 Å². The van der Waals surface area contributed by atoms with E-state index in [9.17, 15) is 9.59 Å². The summed E-state index contributed by atoms with van der Waals surface area (Å²) in [6.07, 6.45) is 0. The van der Waals surface area contributed by atoms with Crippen LogP contribution in [0.1, 0.15) is 21.5 Å². The van der Waals surface area contributed by atoms with Crippen molar-refractivity contribution in [2.24, 2.45) is 0 Å². The largest absolute Gasteiger partial charge is 0.496 e. The van der Waals surface area contributed by atoms with E-state index in [1.807, 2.05) is 19.1 Å². The maximum Gasteiger partial charge on any atom is 0.260 e. The van der Waals surface area contributed by atoms with Gasteiger partial charge in [-0.15, -0.1) is 0 Å². The Morgan fingerprint density at radius 2 is 1.69 bits per heavy atom. The van der Waals surface area contributed by atoms with Crippen LogP contribution in [0.5, 0.6) is 17.2 Å². The highest BCUT2D eigenvalue weighted by Crippen LogP contribution is 2.46. The maximum absolute atomic E-state index is 13.8. The van der Waals surface area contributed by atoms with Crippen LogP contribution in [0.4, 0.5) is 0 Å². The Bertz CT molecular complexity index is 1350. The summed E-state index contributed by atoms with van der Waals surface area (Å²) in [5, 5.41) is 1.12. The molecule has 0 saturated carbocycles. The van der Waals surface area contributed by atoms with E-state index in [2.05, 4.69) is 4.90 Å². The lowest BCUT2D eigenvalue weighted by molar-refractivity contribution is 0.0232. The van der Waals surface area contributed by atoms with E-state index in [4.69, 9.17) is 18.9 Å². The normalized spacial score (nSPS) is 17.0. The second-order valence-electron chi connectivity index (χ2n) is 8.28. The number of ether oxygens (including phenoxy) is 4. The fourth-order valence-corrected chi connectivity index (χ4v) is 4.85. The lowest BCUT2D eigenvalue weighted by atomic mass is 10.0. The minimum Gasteiger partial charge on any atom is -0.496 e. The Balaban J connectivity index is 1.66. The Morgan fingerprint density at radius 1 is 0.969 bits per heavy atom. The number of rotatable bonds is 3. The summed E-state index contributed by atoms with van der Waals surface area (Å²) in [5.74, 6) is 1.64. The Labute approximate surface area is 183 Å². The molecule has 6 rings (SSSR count). The lowest BCUT2D eigenvalue weighted by Gasteiger charge is -2.28. The van der Waals surface area contributed by atoms with Crippen molar-refractivity contribution in [3.8, 4) is 28.5 Å². The molecule has 0 spiro atoms. The highest BCUT2D eigenvalue weighted by Gasteiger charge is 2.36. The van der Waals surface area contributed by atoms with Crippen LogP contribution in [0.2, 0.25) is 0 Å². The monoisotopic (exact) mass is 434 g/mol. The summed E-state index contributed by atoms with van der Waals surface area (Å²) >= 11 is 0. The van der Waals surface area contributed by atoms with Gasteiger partial charge in [-0.25, -0.2) is 0 Å². The predicted molar refractivity (Wildman–Crippen MR) is 117 cm³/mol. The summed E-state index contributed by atoms with van der Waals surface area (Å²) in [7, 11) is 1.59. The van der Waals surface area contributed by atoms with Crippen molar-refractivity contribution in [1.29, 1.82) is 0 Å². The fraction of sp³-hybridized carbons (Fsp3) is 0.333. The topological polar surface area (TPSA) is 79.2 Å². The first-order valence-electron chi connectivity index (χ1n) is 10.6. The van der Waals surface area contributed by atoms with Gasteiger partial charge in [0.15, 0.2) is 17.3 Å². The zero-order valence-corrected chi connectivity index (χ0v) is 17.9. The molecule has 0 atom stereocenters. The van der Waals surface area contributed by atoms with Gasteiger partial charge in [-0.2, -0.15) is 0 Å². The number of carbonyl (C=O) groups excluding carboxylic acids is 1. The smallest absolute Gasteiger partial charge is 0.260 e. The average molecular weight is 434 g/mol. The highest BCUT2D eigenvalue weighted by atomic mass is 16.7. The van der Waals surface area contributed by atoms with Gasteiger partial charge in [-0.1, -0.05) is 0 Å². The van der Waals surface area contributed by atoms with Gasteiger partial charge < -0.3 is 18.9 Å². The molecular formula is C24H22N2O6. The molecule has 2 aliphatic heterocycles. The fourth-order valence-electron chi connectivity index (χ4n) is 4.85. The molecular weight excluding hydrogens is 412 g/mol. The minimum absolute atomic E-state index is 0.119. The third-order valence-electron chi connectivity index (χ3n) is 6.47. The molecule has 3 aliphatic rings. The first-order valence-corrected chi connectivity index (χ1v) is 10.6. The molecule has 0 amide bonds. The van der Waals surface area contributed by atoms with Crippen LogP contribution in [0, 0.1) is 6.92 Å². The lowest BCUT2D eigenvalue weighted by Crippen LogP contribution is -2.40. The number of fused-ring (bicyclic) bond motifs is 6. The quantitative estimate of drug-likeness (QED) is 0.490. The summed E-state index contributed by atoms with van der Waals surface area (Å²) in [6, 6.07) is 7.15. The SMILES string of the molecule is COc1cc2c3c(n(CN4CCOCC4)c(=O)c2cc1C)-c1cc2c(cc1C3=O)OCO2. The van der Waals surface area contributed by atoms with Gasteiger partial charge in [0.2, 0.25) is 6.79 Å². The number of benzene rings is 2. The molecule has 1 saturated heterocycles. The van der Waals surface area contributed by atoms with E-state index >= 15 is 0 Å². The molecule has 0 N–H and O–H groups in total. The minimum atomic E-state index is -0.130. The zero-order valence-electron chi connectivity index (χ0n) is 17.9. The zero-order chi connectivity index (χ0) is 22.0. The molecule has 8 nitrogen and oxygen atoms in total. The van der Waals surface area contributed by atoms with E-state index in [0.717, 1.165) is 18.7 Å². The number of hydrogen-bond acceptors (Lipinski definition) is 7. The summed E-state index contributed by atoms with van der Waals surface area (Å²) < 4.78 is 23.8. The van der Waals surface area contributed by atoms with Crippen molar-refractivity contribution >= 4 is 16.6 Å². The van der Waals surface area contributed by atoms with Crippen LogP contribution >= 0.6 is 0 Å². The highest BCUT2D eigenvalue weighted by molar-refractivity contribution is 6.27. The van der Waals surface area contributed by atoms with Crippen molar-refractivity contribution in [2.75, 3.05) is 40.2 Å². The summed E-state index contributed by atoms with van der Waals surface area (Å²) in [4.78, 5) is 29.6. The van der Waals surface area contributed by atoms with Crippen LogP contribution in [0.15, 0.2) is 29.1 Å². The average Bonchev–Trinajstić information content (AvgIpc) is 3.38. The first-order chi connectivity index (χ1) is 15.6. The van der Waals surface area contributed by atoms with E-state index in [1.165, 1.54) is 0 Å². The third kappa shape index (κ3) is 2.69. The molecule has 1 fully saturated rings. The molecule has 2 aromatic carbocycles. The Morgan fingerprint density at radius 3 is 2.41 bits per heavy atom. The maximum atomic E-state index is 13.8. The predicted octanol–water partition coefficient (Wildman–Crippen LogP) is 2.55. The van der Waals surface area contributed by atoms with Crippen LogP contribution in [-0.4, -0.2) is 55.5 Å². The Kier molecular flexibility index (Phi) is 4.28. The molecule has 1 aromatic heterocycles. The second kappa shape index (κ2) is 7.08. The van der Waals surface area contributed by atoms with Gasteiger partial charge in [-0.05, 0) is 36.8 Å². The standard InChI is InChI=1S/C24H22N2O6/c1-13-7-17-14(8-18(13)29-2)21-22(26(24(17)28)11-25-3-5-30-6-4-25)15-9-19-20(32-12-31-19)10-16(15)23(21)27/h7-10H,3-6,11-12H2,1-2H3. The van der Waals surface area contributed by atoms with Crippen LogP contribution < -0.4 is 19.8 Å². The summed E-state index contributed by atoms with van der Waals surface area (Å²) in [6.45, 7) is 5.09. The van der Waals surface area contributed by atoms with E-state index < -0.39 is 0 Å². The molecule has 1 aliphatic carbocycles. The van der Waals surface area contributed by atoms with Gasteiger partial charge in [0.25, 0.3) is 5.56 Å². The first kappa shape index (κ1) is 19.3.